The third-order valence-corrected chi connectivity index (χ3v) is 2.88. The summed E-state index contributed by atoms with van der Waals surface area (Å²) in [5.41, 5.74) is 0. The Kier molecular flexibility index (Phi) is 11.4. The minimum absolute atomic E-state index is 0.329. The molecule has 0 bridgehead atoms. The van der Waals surface area contributed by atoms with Gasteiger partial charge >= 0.3 is 5.97 Å². The molecule has 0 aliphatic carbocycles. The van der Waals surface area contributed by atoms with Crippen LogP contribution >= 0.6 is 0 Å². The monoisotopic (exact) mass is 283 g/mol. The van der Waals surface area contributed by atoms with Gasteiger partial charge in [-0.2, -0.15) is 0 Å². The van der Waals surface area contributed by atoms with Gasteiger partial charge in [-0.3, -0.25) is 19.7 Å². The number of imide groups is 1. The van der Waals surface area contributed by atoms with E-state index in [2.05, 4.69) is 6.92 Å². The first-order valence-electron chi connectivity index (χ1n) is 7.31. The quantitative estimate of drug-likeness (QED) is 0.503. The van der Waals surface area contributed by atoms with Crippen molar-refractivity contribution in [2.24, 2.45) is 0 Å². The van der Waals surface area contributed by atoms with Gasteiger partial charge in [0, 0.05) is 18.6 Å². The second-order valence-corrected chi connectivity index (χ2v) is 4.81. The molecular formula is C15H25NO4. The lowest BCUT2D eigenvalue weighted by atomic mass is 10.1. The van der Waals surface area contributed by atoms with Crippen LogP contribution in [-0.4, -0.2) is 22.9 Å². The molecule has 1 aliphatic heterocycles. The zero-order valence-corrected chi connectivity index (χ0v) is 12.2. The fourth-order valence-electron chi connectivity index (χ4n) is 1.77. The van der Waals surface area contributed by atoms with Crippen LogP contribution in [0.5, 0.6) is 0 Å². The van der Waals surface area contributed by atoms with E-state index in [4.69, 9.17) is 5.11 Å². The number of nitrogens with one attached hydrogen (secondary N) is 1. The average molecular weight is 283 g/mol. The Morgan fingerprint density at radius 3 is 1.75 bits per heavy atom. The first-order chi connectivity index (χ1) is 9.56. The maximum absolute atomic E-state index is 10.2. The molecule has 1 rings (SSSR count). The zero-order valence-electron chi connectivity index (χ0n) is 12.2. The molecule has 114 valence electrons. The summed E-state index contributed by atoms with van der Waals surface area (Å²) < 4.78 is 0. The summed E-state index contributed by atoms with van der Waals surface area (Å²) in [6.45, 7) is 2.22. The van der Waals surface area contributed by atoms with Crippen LogP contribution in [0.1, 0.15) is 64.7 Å². The highest BCUT2D eigenvalue weighted by atomic mass is 16.4. The lowest BCUT2D eigenvalue weighted by Crippen LogP contribution is -2.19. The smallest absolute Gasteiger partial charge is 0.303 e. The van der Waals surface area contributed by atoms with Crippen molar-refractivity contribution in [1.29, 1.82) is 0 Å². The van der Waals surface area contributed by atoms with Gasteiger partial charge in [0.05, 0.1) is 0 Å². The molecule has 5 nitrogen and oxygen atoms in total. The molecule has 0 atom stereocenters. The highest BCUT2D eigenvalue weighted by Crippen LogP contribution is 2.09. The van der Waals surface area contributed by atoms with Gasteiger partial charge in [0.15, 0.2) is 0 Å². The van der Waals surface area contributed by atoms with Gasteiger partial charge in [-0.25, -0.2) is 0 Å². The third-order valence-electron chi connectivity index (χ3n) is 2.88. The minimum atomic E-state index is -0.661. The number of hydrogen-bond acceptors (Lipinski definition) is 3. The van der Waals surface area contributed by atoms with Crippen LogP contribution in [-0.2, 0) is 14.4 Å². The van der Waals surface area contributed by atoms with E-state index >= 15 is 0 Å². The van der Waals surface area contributed by atoms with Crippen LogP contribution in [0.2, 0.25) is 0 Å². The van der Waals surface area contributed by atoms with Crippen LogP contribution in [0.25, 0.3) is 0 Å². The van der Waals surface area contributed by atoms with Crippen molar-refractivity contribution in [2.75, 3.05) is 0 Å². The fourth-order valence-corrected chi connectivity index (χ4v) is 1.77. The van der Waals surface area contributed by atoms with Gasteiger partial charge in [-0.15, -0.1) is 0 Å². The molecule has 0 saturated heterocycles. The summed E-state index contributed by atoms with van der Waals surface area (Å²) >= 11 is 0. The molecule has 0 unspecified atom stereocenters. The Bertz CT molecular complexity index is 321. The Balaban J connectivity index is 0.000000428. The van der Waals surface area contributed by atoms with Crippen LogP contribution in [0.4, 0.5) is 0 Å². The SMILES string of the molecule is CCCCCCCCCCC(=O)O.O=C1C=CC(=O)N1. The molecule has 0 fully saturated rings. The highest BCUT2D eigenvalue weighted by Gasteiger charge is 2.06. The molecule has 20 heavy (non-hydrogen) atoms. The van der Waals surface area contributed by atoms with E-state index in [1.807, 2.05) is 5.32 Å². The first-order valence-corrected chi connectivity index (χ1v) is 7.31. The normalized spacial score (nSPS) is 12.8. The van der Waals surface area contributed by atoms with Crippen molar-refractivity contribution in [3.05, 3.63) is 12.2 Å². The van der Waals surface area contributed by atoms with Gasteiger partial charge in [0.1, 0.15) is 0 Å². The first kappa shape index (κ1) is 18.4. The molecule has 1 heterocycles. The van der Waals surface area contributed by atoms with Crippen LogP contribution in [0.15, 0.2) is 12.2 Å². The molecule has 0 aromatic heterocycles. The van der Waals surface area contributed by atoms with Crippen molar-refractivity contribution in [2.45, 2.75) is 64.7 Å². The van der Waals surface area contributed by atoms with E-state index in [0.29, 0.717) is 6.42 Å². The minimum Gasteiger partial charge on any atom is -0.481 e. The summed E-state index contributed by atoms with van der Waals surface area (Å²) in [6, 6.07) is 0. The maximum Gasteiger partial charge on any atom is 0.303 e. The standard InChI is InChI=1S/C11H22O2.C4H3NO2/c1-2-3-4-5-6-7-8-9-10-11(12)13;6-3-1-2-4(7)5-3/h2-10H2,1H3,(H,12,13);1-2H,(H,5,6,7). The number of amides is 2. The lowest BCUT2D eigenvalue weighted by Gasteiger charge is -1.99. The molecule has 1 aliphatic rings. The van der Waals surface area contributed by atoms with Gasteiger partial charge in [0.25, 0.3) is 11.8 Å². The number of carbonyl (C=O) groups excluding carboxylic acids is 2. The zero-order chi connectivity index (χ0) is 15.2. The number of aliphatic carboxylic acids is 1. The number of rotatable bonds is 9. The third kappa shape index (κ3) is 12.8. The highest BCUT2D eigenvalue weighted by molar-refractivity contribution is 6.12. The predicted molar refractivity (Wildman–Crippen MR) is 77.2 cm³/mol. The number of unbranched alkanes of at least 4 members (excludes halogenated alkanes) is 7. The van der Waals surface area contributed by atoms with Gasteiger partial charge in [0.2, 0.25) is 0 Å². The second kappa shape index (κ2) is 12.4. The molecule has 0 radical (unpaired) electrons. The molecule has 0 aromatic rings. The summed E-state index contributed by atoms with van der Waals surface area (Å²) in [6.07, 6.45) is 12.4. The largest absolute Gasteiger partial charge is 0.481 e. The fraction of sp³-hybridized carbons (Fsp3) is 0.667. The average Bonchev–Trinajstić information content (AvgIpc) is 2.77. The Morgan fingerprint density at radius 1 is 0.950 bits per heavy atom. The van der Waals surface area contributed by atoms with E-state index in [0.717, 1.165) is 12.8 Å². The number of carboxylic acids is 1. The summed E-state index contributed by atoms with van der Waals surface area (Å²) in [4.78, 5) is 30.2. The summed E-state index contributed by atoms with van der Waals surface area (Å²) in [5, 5.41) is 10.4. The molecule has 0 saturated carbocycles. The molecule has 2 amide bonds. The van der Waals surface area contributed by atoms with E-state index in [1.165, 1.54) is 50.7 Å². The number of carboxylic acid groups (broad SMARTS) is 1. The summed E-state index contributed by atoms with van der Waals surface area (Å²) in [7, 11) is 0. The topological polar surface area (TPSA) is 83.5 Å². The van der Waals surface area contributed by atoms with Crippen molar-refractivity contribution >= 4 is 17.8 Å². The lowest BCUT2D eigenvalue weighted by molar-refractivity contribution is -0.137. The van der Waals surface area contributed by atoms with Gasteiger partial charge in [-0.05, 0) is 6.42 Å². The molecule has 2 N–H and O–H groups in total. The molecular weight excluding hydrogens is 258 g/mol. The van der Waals surface area contributed by atoms with Crippen LogP contribution in [0.3, 0.4) is 0 Å². The molecule has 5 heteroatoms. The maximum atomic E-state index is 10.2. The van der Waals surface area contributed by atoms with Crippen molar-refractivity contribution in [3.8, 4) is 0 Å². The summed E-state index contributed by atoms with van der Waals surface area (Å²) in [5.74, 6) is -1.32. The Hall–Kier alpha value is -1.65. The van der Waals surface area contributed by atoms with Crippen molar-refractivity contribution in [1.82, 2.24) is 5.32 Å². The predicted octanol–water partition coefficient (Wildman–Crippen LogP) is 2.80. The van der Waals surface area contributed by atoms with E-state index < -0.39 is 5.97 Å². The van der Waals surface area contributed by atoms with E-state index in [9.17, 15) is 14.4 Å². The van der Waals surface area contributed by atoms with E-state index in [1.54, 1.807) is 0 Å². The van der Waals surface area contributed by atoms with Crippen molar-refractivity contribution < 1.29 is 19.5 Å². The second-order valence-electron chi connectivity index (χ2n) is 4.81. The van der Waals surface area contributed by atoms with Crippen LogP contribution < -0.4 is 5.32 Å². The Labute approximate surface area is 120 Å². The molecule has 0 spiro atoms. The van der Waals surface area contributed by atoms with Gasteiger partial charge in [-0.1, -0.05) is 51.9 Å². The molecule has 0 aromatic carbocycles. The van der Waals surface area contributed by atoms with Gasteiger partial charge < -0.3 is 5.11 Å². The van der Waals surface area contributed by atoms with Crippen molar-refractivity contribution in [3.63, 3.8) is 0 Å². The van der Waals surface area contributed by atoms with Crippen LogP contribution in [0, 0.1) is 0 Å². The number of hydrogen-bond donors (Lipinski definition) is 2. The Morgan fingerprint density at radius 2 is 1.40 bits per heavy atom. The number of carbonyl (C=O) groups is 3. The van der Waals surface area contributed by atoms with E-state index in [-0.39, 0.29) is 11.8 Å².